The average Bonchev–Trinajstić information content (AvgIpc) is 2.59. The highest BCUT2D eigenvalue weighted by Crippen LogP contribution is 2.17. The van der Waals surface area contributed by atoms with Crippen LogP contribution in [0.3, 0.4) is 0 Å². The van der Waals surface area contributed by atoms with Crippen LogP contribution in [0.4, 0.5) is 4.79 Å². The molecule has 23 heavy (non-hydrogen) atoms. The van der Waals surface area contributed by atoms with Gasteiger partial charge in [0.25, 0.3) is 5.91 Å². The van der Waals surface area contributed by atoms with E-state index in [1.54, 1.807) is 31.4 Å². The van der Waals surface area contributed by atoms with Crippen molar-refractivity contribution in [2.24, 2.45) is 0 Å². The molecule has 3 amide bonds. The van der Waals surface area contributed by atoms with Gasteiger partial charge in [-0.1, -0.05) is 19.3 Å². The molecule has 0 spiro atoms. The molecule has 1 aromatic carbocycles. The van der Waals surface area contributed by atoms with Crippen molar-refractivity contribution in [3.05, 3.63) is 24.3 Å². The number of hydrogen-bond donors (Lipinski definition) is 3. The SMILES string of the molecule is COc1ccc(OCC(=O)NNC(=O)NC2CCCCC2)cc1. The Hall–Kier alpha value is -2.44. The van der Waals surface area contributed by atoms with E-state index in [4.69, 9.17) is 9.47 Å². The molecule has 1 aromatic rings. The van der Waals surface area contributed by atoms with Gasteiger partial charge in [-0.2, -0.15) is 0 Å². The average molecular weight is 321 g/mol. The van der Waals surface area contributed by atoms with Crippen molar-refractivity contribution < 1.29 is 19.1 Å². The lowest BCUT2D eigenvalue weighted by atomic mass is 9.96. The van der Waals surface area contributed by atoms with Crippen LogP contribution < -0.4 is 25.6 Å². The van der Waals surface area contributed by atoms with E-state index in [1.165, 1.54) is 6.42 Å². The van der Waals surface area contributed by atoms with Gasteiger partial charge >= 0.3 is 6.03 Å². The van der Waals surface area contributed by atoms with E-state index in [2.05, 4.69) is 16.2 Å². The number of ether oxygens (including phenoxy) is 2. The first-order valence-electron chi connectivity index (χ1n) is 7.79. The third kappa shape index (κ3) is 6.06. The summed E-state index contributed by atoms with van der Waals surface area (Å²) >= 11 is 0. The number of hydrogen-bond acceptors (Lipinski definition) is 4. The van der Waals surface area contributed by atoms with Crippen molar-refractivity contribution in [3.8, 4) is 11.5 Å². The molecule has 0 saturated heterocycles. The van der Waals surface area contributed by atoms with Crippen molar-refractivity contribution in [3.63, 3.8) is 0 Å². The van der Waals surface area contributed by atoms with Gasteiger partial charge in [0.1, 0.15) is 11.5 Å². The van der Waals surface area contributed by atoms with Gasteiger partial charge in [-0.3, -0.25) is 10.2 Å². The lowest BCUT2D eigenvalue weighted by molar-refractivity contribution is -0.123. The molecule has 0 bridgehead atoms. The third-order valence-corrected chi connectivity index (χ3v) is 3.69. The molecule has 0 aliphatic heterocycles. The number of hydrazine groups is 1. The van der Waals surface area contributed by atoms with E-state index < -0.39 is 11.9 Å². The van der Waals surface area contributed by atoms with Crippen LogP contribution in [-0.2, 0) is 4.79 Å². The van der Waals surface area contributed by atoms with Gasteiger partial charge in [-0.15, -0.1) is 0 Å². The molecule has 0 radical (unpaired) electrons. The van der Waals surface area contributed by atoms with E-state index in [0.29, 0.717) is 11.5 Å². The first-order chi connectivity index (χ1) is 11.2. The van der Waals surface area contributed by atoms with Crippen molar-refractivity contribution in [1.82, 2.24) is 16.2 Å². The fourth-order valence-electron chi connectivity index (χ4n) is 2.45. The maximum atomic E-state index is 11.7. The van der Waals surface area contributed by atoms with Gasteiger partial charge < -0.3 is 14.8 Å². The number of rotatable bonds is 5. The zero-order chi connectivity index (χ0) is 16.5. The van der Waals surface area contributed by atoms with Gasteiger partial charge in [0.2, 0.25) is 0 Å². The highest BCUT2D eigenvalue weighted by molar-refractivity contribution is 5.82. The molecule has 0 unspecified atom stereocenters. The van der Waals surface area contributed by atoms with Crippen LogP contribution in [0.15, 0.2) is 24.3 Å². The summed E-state index contributed by atoms with van der Waals surface area (Å²) in [6.45, 7) is -0.184. The largest absolute Gasteiger partial charge is 0.497 e. The van der Waals surface area contributed by atoms with E-state index in [1.807, 2.05) is 0 Å². The van der Waals surface area contributed by atoms with Crippen molar-refractivity contribution in [2.75, 3.05) is 13.7 Å². The normalized spacial score (nSPS) is 14.7. The predicted octanol–water partition coefficient (Wildman–Crippen LogP) is 1.74. The zero-order valence-electron chi connectivity index (χ0n) is 13.3. The molecular formula is C16H23N3O4. The van der Waals surface area contributed by atoms with E-state index in [0.717, 1.165) is 25.7 Å². The summed E-state index contributed by atoms with van der Waals surface area (Å²) in [7, 11) is 1.58. The van der Waals surface area contributed by atoms with Gasteiger partial charge in [0, 0.05) is 6.04 Å². The molecule has 0 atom stereocenters. The Morgan fingerprint density at radius 3 is 2.35 bits per heavy atom. The summed E-state index contributed by atoms with van der Waals surface area (Å²) < 4.78 is 10.3. The summed E-state index contributed by atoms with van der Waals surface area (Å²) in [6, 6.07) is 6.68. The van der Waals surface area contributed by atoms with E-state index >= 15 is 0 Å². The molecule has 1 aliphatic rings. The van der Waals surface area contributed by atoms with Crippen molar-refractivity contribution >= 4 is 11.9 Å². The van der Waals surface area contributed by atoms with Crippen molar-refractivity contribution in [1.29, 1.82) is 0 Å². The number of urea groups is 1. The van der Waals surface area contributed by atoms with E-state index in [9.17, 15) is 9.59 Å². The Kier molecular flexibility index (Phi) is 6.53. The van der Waals surface area contributed by atoms with Crippen LogP contribution in [0.5, 0.6) is 11.5 Å². The number of carbonyl (C=O) groups is 2. The summed E-state index contributed by atoms with van der Waals surface area (Å²) in [5.41, 5.74) is 4.65. The number of methoxy groups -OCH3 is 1. The Balaban J connectivity index is 1.62. The molecule has 1 aliphatic carbocycles. The van der Waals surface area contributed by atoms with Crippen molar-refractivity contribution in [2.45, 2.75) is 38.1 Å². The Labute approximate surface area is 135 Å². The van der Waals surface area contributed by atoms with Crippen LogP contribution in [0, 0.1) is 0 Å². The van der Waals surface area contributed by atoms with Crippen LogP contribution in [0.25, 0.3) is 0 Å². The zero-order valence-corrected chi connectivity index (χ0v) is 13.3. The monoisotopic (exact) mass is 321 g/mol. The first kappa shape index (κ1) is 16.9. The molecule has 7 heteroatoms. The molecular weight excluding hydrogens is 298 g/mol. The Bertz CT molecular complexity index is 513. The second kappa shape index (κ2) is 8.87. The smallest absolute Gasteiger partial charge is 0.333 e. The van der Waals surface area contributed by atoms with Crippen LogP contribution in [-0.4, -0.2) is 31.7 Å². The highest BCUT2D eigenvalue weighted by Gasteiger charge is 2.15. The lowest BCUT2D eigenvalue weighted by Crippen LogP contribution is -2.51. The summed E-state index contributed by atoms with van der Waals surface area (Å²) in [4.78, 5) is 23.3. The molecule has 1 fully saturated rings. The quantitative estimate of drug-likeness (QED) is 0.721. The molecule has 1 saturated carbocycles. The second-order valence-electron chi connectivity index (χ2n) is 5.45. The third-order valence-electron chi connectivity index (χ3n) is 3.69. The number of amides is 3. The van der Waals surface area contributed by atoms with Gasteiger partial charge in [0.05, 0.1) is 7.11 Å². The standard InChI is InChI=1S/C16H23N3O4/c1-22-13-7-9-14(10-8-13)23-11-15(20)18-19-16(21)17-12-5-3-2-4-6-12/h7-10,12H,2-6,11H2,1H3,(H,18,20)(H2,17,19,21). The topological polar surface area (TPSA) is 88.7 Å². The minimum atomic E-state index is -0.431. The molecule has 126 valence electrons. The maximum Gasteiger partial charge on any atom is 0.333 e. The lowest BCUT2D eigenvalue weighted by Gasteiger charge is -2.22. The second-order valence-corrected chi connectivity index (χ2v) is 5.45. The minimum Gasteiger partial charge on any atom is -0.497 e. The molecule has 7 nitrogen and oxygen atoms in total. The summed E-state index contributed by atoms with van der Waals surface area (Å²) in [5, 5.41) is 2.84. The van der Waals surface area contributed by atoms with E-state index in [-0.39, 0.29) is 12.6 Å². The summed E-state index contributed by atoms with van der Waals surface area (Å²) in [5.74, 6) is 0.829. The fourth-order valence-corrected chi connectivity index (χ4v) is 2.45. The number of carbonyl (C=O) groups excluding carboxylic acids is 2. The van der Waals surface area contributed by atoms with Crippen LogP contribution in [0.1, 0.15) is 32.1 Å². The van der Waals surface area contributed by atoms with Crippen LogP contribution >= 0.6 is 0 Å². The Morgan fingerprint density at radius 1 is 1.04 bits per heavy atom. The molecule has 0 heterocycles. The Morgan fingerprint density at radius 2 is 1.70 bits per heavy atom. The molecule has 0 aromatic heterocycles. The number of benzene rings is 1. The minimum absolute atomic E-state index is 0.184. The maximum absolute atomic E-state index is 11.7. The van der Waals surface area contributed by atoms with Gasteiger partial charge in [-0.25, -0.2) is 10.2 Å². The fraction of sp³-hybridized carbons (Fsp3) is 0.500. The summed E-state index contributed by atoms with van der Waals surface area (Å²) in [6.07, 6.45) is 5.46. The predicted molar refractivity (Wildman–Crippen MR) is 85.2 cm³/mol. The molecule has 2 rings (SSSR count). The highest BCUT2D eigenvalue weighted by atomic mass is 16.5. The van der Waals surface area contributed by atoms with Crippen LogP contribution in [0.2, 0.25) is 0 Å². The van der Waals surface area contributed by atoms with Gasteiger partial charge in [-0.05, 0) is 37.1 Å². The molecule has 3 N–H and O–H groups in total. The number of nitrogens with one attached hydrogen (secondary N) is 3. The first-order valence-corrected chi connectivity index (χ1v) is 7.79. The van der Waals surface area contributed by atoms with Gasteiger partial charge in [0.15, 0.2) is 6.61 Å².